The first-order valence-electron chi connectivity index (χ1n) is 6.51. The zero-order valence-electron chi connectivity index (χ0n) is 9.76. The van der Waals surface area contributed by atoms with Crippen LogP contribution in [0.4, 0.5) is 0 Å². The SMILES string of the molecule is CC(C)C1CCC(NC2CCCC2)C1. The lowest BCUT2D eigenvalue weighted by Crippen LogP contribution is -2.35. The number of hydrogen-bond acceptors (Lipinski definition) is 1. The van der Waals surface area contributed by atoms with Crippen molar-refractivity contribution >= 4 is 0 Å². The third-order valence-electron chi connectivity index (χ3n) is 4.24. The average molecular weight is 195 g/mol. The maximum absolute atomic E-state index is 3.86. The molecule has 2 saturated carbocycles. The van der Waals surface area contributed by atoms with Crippen molar-refractivity contribution in [3.63, 3.8) is 0 Å². The van der Waals surface area contributed by atoms with Crippen molar-refractivity contribution in [2.45, 2.75) is 70.9 Å². The van der Waals surface area contributed by atoms with Crippen LogP contribution >= 0.6 is 0 Å². The molecule has 1 N–H and O–H groups in total. The summed E-state index contributed by atoms with van der Waals surface area (Å²) in [7, 11) is 0. The van der Waals surface area contributed by atoms with Crippen molar-refractivity contribution in [2.24, 2.45) is 11.8 Å². The molecular formula is C13H25N. The minimum absolute atomic E-state index is 0.852. The largest absolute Gasteiger partial charge is 0.311 e. The second kappa shape index (κ2) is 4.65. The Morgan fingerprint density at radius 2 is 1.64 bits per heavy atom. The Balaban J connectivity index is 1.72. The molecule has 0 aromatic heterocycles. The van der Waals surface area contributed by atoms with Crippen molar-refractivity contribution in [1.82, 2.24) is 5.32 Å². The molecule has 0 bridgehead atoms. The first-order valence-corrected chi connectivity index (χ1v) is 6.51. The molecule has 14 heavy (non-hydrogen) atoms. The highest BCUT2D eigenvalue weighted by molar-refractivity contribution is 4.86. The zero-order valence-corrected chi connectivity index (χ0v) is 9.76. The summed E-state index contributed by atoms with van der Waals surface area (Å²) >= 11 is 0. The van der Waals surface area contributed by atoms with Crippen LogP contribution in [0.2, 0.25) is 0 Å². The lowest BCUT2D eigenvalue weighted by molar-refractivity contribution is 0.368. The van der Waals surface area contributed by atoms with E-state index in [1.165, 1.54) is 44.9 Å². The highest BCUT2D eigenvalue weighted by Gasteiger charge is 2.28. The Bertz CT molecular complexity index is 170. The maximum atomic E-state index is 3.86. The van der Waals surface area contributed by atoms with Crippen molar-refractivity contribution in [1.29, 1.82) is 0 Å². The second-order valence-corrected chi connectivity index (χ2v) is 5.66. The molecule has 0 radical (unpaired) electrons. The van der Waals surface area contributed by atoms with Gasteiger partial charge in [-0.1, -0.05) is 26.7 Å². The normalized spacial score (nSPS) is 34.5. The molecule has 2 atom stereocenters. The molecule has 0 amide bonds. The van der Waals surface area contributed by atoms with Gasteiger partial charge in [0.25, 0.3) is 0 Å². The lowest BCUT2D eigenvalue weighted by atomic mass is 9.94. The van der Waals surface area contributed by atoms with Crippen LogP contribution < -0.4 is 5.32 Å². The van der Waals surface area contributed by atoms with Crippen LogP contribution in [-0.4, -0.2) is 12.1 Å². The first-order chi connectivity index (χ1) is 6.75. The van der Waals surface area contributed by atoms with Gasteiger partial charge in [-0.15, -0.1) is 0 Å². The van der Waals surface area contributed by atoms with E-state index in [0.717, 1.165) is 23.9 Å². The summed E-state index contributed by atoms with van der Waals surface area (Å²) in [4.78, 5) is 0. The van der Waals surface area contributed by atoms with E-state index in [1.807, 2.05) is 0 Å². The molecule has 1 heteroatoms. The van der Waals surface area contributed by atoms with E-state index < -0.39 is 0 Å². The minimum Gasteiger partial charge on any atom is -0.311 e. The second-order valence-electron chi connectivity index (χ2n) is 5.66. The van der Waals surface area contributed by atoms with Gasteiger partial charge in [0.05, 0.1) is 0 Å². The molecule has 0 heterocycles. The Kier molecular flexibility index (Phi) is 3.48. The molecule has 2 rings (SSSR count). The van der Waals surface area contributed by atoms with E-state index in [9.17, 15) is 0 Å². The molecule has 1 nitrogen and oxygen atoms in total. The van der Waals surface area contributed by atoms with Gasteiger partial charge in [-0.05, 0) is 43.9 Å². The van der Waals surface area contributed by atoms with Gasteiger partial charge in [-0.3, -0.25) is 0 Å². The van der Waals surface area contributed by atoms with Crippen molar-refractivity contribution in [3.8, 4) is 0 Å². The predicted octanol–water partition coefficient (Wildman–Crippen LogP) is 3.34. The highest BCUT2D eigenvalue weighted by Crippen LogP contribution is 2.32. The molecule has 2 unspecified atom stereocenters. The van der Waals surface area contributed by atoms with Crippen molar-refractivity contribution in [2.75, 3.05) is 0 Å². The van der Waals surface area contributed by atoms with E-state index in [2.05, 4.69) is 19.2 Å². The topological polar surface area (TPSA) is 12.0 Å². The van der Waals surface area contributed by atoms with E-state index in [1.54, 1.807) is 0 Å². The Hall–Kier alpha value is -0.0400. The van der Waals surface area contributed by atoms with Crippen LogP contribution in [-0.2, 0) is 0 Å². The number of rotatable bonds is 3. The molecule has 2 aliphatic carbocycles. The Morgan fingerprint density at radius 1 is 0.929 bits per heavy atom. The summed E-state index contributed by atoms with van der Waals surface area (Å²) in [6.07, 6.45) is 10.1. The van der Waals surface area contributed by atoms with E-state index >= 15 is 0 Å². The summed E-state index contributed by atoms with van der Waals surface area (Å²) in [6.45, 7) is 4.76. The van der Waals surface area contributed by atoms with E-state index in [0.29, 0.717) is 0 Å². The summed E-state index contributed by atoms with van der Waals surface area (Å²) < 4.78 is 0. The van der Waals surface area contributed by atoms with Crippen LogP contribution in [0.25, 0.3) is 0 Å². The van der Waals surface area contributed by atoms with Crippen molar-refractivity contribution in [3.05, 3.63) is 0 Å². The van der Waals surface area contributed by atoms with E-state index in [4.69, 9.17) is 0 Å². The fraction of sp³-hybridized carbons (Fsp3) is 1.00. The Labute approximate surface area is 88.7 Å². The fourth-order valence-electron chi connectivity index (χ4n) is 3.20. The van der Waals surface area contributed by atoms with E-state index in [-0.39, 0.29) is 0 Å². The average Bonchev–Trinajstić information content (AvgIpc) is 2.75. The summed E-state index contributed by atoms with van der Waals surface area (Å²) in [5.41, 5.74) is 0. The Morgan fingerprint density at radius 3 is 2.21 bits per heavy atom. The quantitative estimate of drug-likeness (QED) is 0.728. The third-order valence-corrected chi connectivity index (χ3v) is 4.24. The van der Waals surface area contributed by atoms with Crippen LogP contribution in [0.3, 0.4) is 0 Å². The van der Waals surface area contributed by atoms with Gasteiger partial charge < -0.3 is 5.32 Å². The molecule has 82 valence electrons. The minimum atomic E-state index is 0.852. The van der Waals surface area contributed by atoms with Gasteiger partial charge in [0, 0.05) is 12.1 Å². The van der Waals surface area contributed by atoms with Gasteiger partial charge in [0.2, 0.25) is 0 Å². The van der Waals surface area contributed by atoms with Gasteiger partial charge >= 0.3 is 0 Å². The monoisotopic (exact) mass is 195 g/mol. The molecule has 0 aliphatic heterocycles. The smallest absolute Gasteiger partial charge is 0.00724 e. The summed E-state index contributed by atoms with van der Waals surface area (Å²) in [6, 6.07) is 1.72. The predicted molar refractivity (Wildman–Crippen MR) is 61.4 cm³/mol. The van der Waals surface area contributed by atoms with Crippen LogP contribution in [0.5, 0.6) is 0 Å². The fourth-order valence-corrected chi connectivity index (χ4v) is 3.20. The van der Waals surface area contributed by atoms with Crippen LogP contribution in [0.1, 0.15) is 58.8 Å². The maximum Gasteiger partial charge on any atom is 0.00724 e. The zero-order chi connectivity index (χ0) is 9.97. The summed E-state index contributed by atoms with van der Waals surface area (Å²) in [5.74, 6) is 1.89. The first kappa shape index (κ1) is 10.5. The number of nitrogens with one attached hydrogen (secondary N) is 1. The van der Waals surface area contributed by atoms with Crippen molar-refractivity contribution < 1.29 is 0 Å². The van der Waals surface area contributed by atoms with Gasteiger partial charge in [-0.25, -0.2) is 0 Å². The van der Waals surface area contributed by atoms with Crippen LogP contribution in [0, 0.1) is 11.8 Å². The number of hydrogen-bond donors (Lipinski definition) is 1. The molecule has 2 fully saturated rings. The molecular weight excluding hydrogens is 170 g/mol. The molecule has 0 aromatic rings. The molecule has 2 aliphatic rings. The lowest BCUT2D eigenvalue weighted by Gasteiger charge is -2.19. The van der Waals surface area contributed by atoms with Gasteiger partial charge in [0.15, 0.2) is 0 Å². The highest BCUT2D eigenvalue weighted by atomic mass is 15.0. The molecule has 0 spiro atoms. The molecule has 0 aromatic carbocycles. The van der Waals surface area contributed by atoms with Gasteiger partial charge in [-0.2, -0.15) is 0 Å². The van der Waals surface area contributed by atoms with Gasteiger partial charge in [0.1, 0.15) is 0 Å². The summed E-state index contributed by atoms with van der Waals surface area (Å²) in [5, 5.41) is 3.86. The standard InChI is InChI=1S/C13H25N/c1-10(2)11-7-8-13(9-11)14-12-5-3-4-6-12/h10-14H,3-9H2,1-2H3. The molecule has 0 saturated heterocycles. The third kappa shape index (κ3) is 2.50. The van der Waals surface area contributed by atoms with Crippen LogP contribution in [0.15, 0.2) is 0 Å².